The topological polar surface area (TPSA) is 28.9 Å². The number of furan rings is 1. The standard InChI is InChI=1S/C66H42N2O2/c1-4-18-44(19-5-1)49-24-12-14-30-59(49)68(47-22-8-3-9-23-47)61-42-57-54-28-17-33-63-65(54)58(41-56(57)50-25-10-11-26-51(50)61)53-39-36-45(40-64(53)69-63)43-34-37-48(38-35-43)67(46-20-6-2-7-21-46)60-31-16-29-55-52-27-13-15-32-62(52)70-66(55)60/h1-42H. The molecule has 12 aromatic carbocycles. The maximum atomic E-state index is 6.94. The third-order valence-corrected chi connectivity index (χ3v) is 14.0. The molecule has 0 bridgehead atoms. The van der Waals surface area contributed by atoms with Crippen LogP contribution in [0.3, 0.4) is 0 Å². The Labute approximate surface area is 405 Å². The third-order valence-electron chi connectivity index (χ3n) is 14.0. The molecule has 70 heavy (non-hydrogen) atoms. The molecule has 2 heterocycles. The van der Waals surface area contributed by atoms with Crippen LogP contribution in [-0.4, -0.2) is 0 Å². The Morgan fingerprint density at radius 1 is 0.271 bits per heavy atom. The molecule has 0 radical (unpaired) electrons. The van der Waals surface area contributed by atoms with Crippen molar-refractivity contribution in [3.63, 3.8) is 0 Å². The summed E-state index contributed by atoms with van der Waals surface area (Å²) in [7, 11) is 0. The zero-order valence-corrected chi connectivity index (χ0v) is 38.0. The van der Waals surface area contributed by atoms with Crippen molar-refractivity contribution in [3.05, 3.63) is 255 Å². The second-order valence-electron chi connectivity index (χ2n) is 18.0. The number of hydrogen-bond donors (Lipinski definition) is 0. The molecule has 0 N–H and O–H groups in total. The van der Waals surface area contributed by atoms with E-state index in [1.165, 1.54) is 38.2 Å². The van der Waals surface area contributed by atoms with E-state index < -0.39 is 0 Å². The van der Waals surface area contributed by atoms with Gasteiger partial charge in [0.05, 0.1) is 17.1 Å². The van der Waals surface area contributed by atoms with E-state index in [9.17, 15) is 0 Å². The summed E-state index contributed by atoms with van der Waals surface area (Å²) in [5.41, 5.74) is 14.9. The normalized spacial score (nSPS) is 11.8. The Morgan fingerprint density at radius 3 is 1.66 bits per heavy atom. The van der Waals surface area contributed by atoms with E-state index in [2.05, 4.69) is 252 Å². The summed E-state index contributed by atoms with van der Waals surface area (Å²) in [5.74, 6) is 1.70. The summed E-state index contributed by atoms with van der Waals surface area (Å²) in [6.07, 6.45) is 0. The quantitative estimate of drug-likeness (QED) is 0.142. The molecule has 328 valence electrons. The van der Waals surface area contributed by atoms with Gasteiger partial charge in [-0.25, -0.2) is 0 Å². The van der Waals surface area contributed by atoms with E-state index in [-0.39, 0.29) is 0 Å². The van der Waals surface area contributed by atoms with Gasteiger partial charge in [-0.1, -0.05) is 170 Å². The van der Waals surface area contributed by atoms with Crippen molar-refractivity contribution in [1.29, 1.82) is 0 Å². The van der Waals surface area contributed by atoms with Gasteiger partial charge in [-0.15, -0.1) is 0 Å². The number of hydrogen-bond acceptors (Lipinski definition) is 4. The zero-order valence-electron chi connectivity index (χ0n) is 38.0. The fraction of sp³-hybridized carbons (Fsp3) is 0. The Balaban J connectivity index is 0.886. The Kier molecular flexibility index (Phi) is 9.17. The molecule has 0 saturated carbocycles. The van der Waals surface area contributed by atoms with E-state index in [0.29, 0.717) is 0 Å². The van der Waals surface area contributed by atoms with Gasteiger partial charge in [0.25, 0.3) is 0 Å². The molecule has 4 nitrogen and oxygen atoms in total. The second kappa shape index (κ2) is 16.2. The Morgan fingerprint density at radius 2 is 0.857 bits per heavy atom. The van der Waals surface area contributed by atoms with Crippen molar-refractivity contribution in [3.8, 4) is 44.9 Å². The molecule has 0 atom stereocenters. The first kappa shape index (κ1) is 39.8. The lowest BCUT2D eigenvalue weighted by molar-refractivity contribution is 0.487. The fourth-order valence-corrected chi connectivity index (χ4v) is 10.8. The van der Waals surface area contributed by atoms with Gasteiger partial charge in [0, 0.05) is 49.7 Å². The van der Waals surface area contributed by atoms with E-state index in [1.54, 1.807) is 0 Å². The average molecular weight is 895 g/mol. The fourth-order valence-electron chi connectivity index (χ4n) is 10.8. The maximum absolute atomic E-state index is 6.94. The largest absolute Gasteiger partial charge is 0.456 e. The molecular formula is C66H42N2O2. The lowest BCUT2D eigenvalue weighted by atomic mass is 9.87. The summed E-state index contributed by atoms with van der Waals surface area (Å²) >= 11 is 0. The van der Waals surface area contributed by atoms with Gasteiger partial charge in [-0.3, -0.25) is 0 Å². The predicted octanol–water partition coefficient (Wildman–Crippen LogP) is 19.1. The Hall–Kier alpha value is -9.38. The number of nitrogens with zero attached hydrogens (tertiary/aromatic N) is 2. The Bertz CT molecular complexity index is 4150. The highest BCUT2D eigenvalue weighted by Crippen LogP contribution is 2.53. The monoisotopic (exact) mass is 894 g/mol. The van der Waals surface area contributed by atoms with Crippen LogP contribution in [-0.2, 0) is 0 Å². The molecule has 4 heteroatoms. The lowest BCUT2D eigenvalue weighted by Gasteiger charge is -2.30. The molecule has 0 aliphatic carbocycles. The highest BCUT2D eigenvalue weighted by Gasteiger charge is 2.26. The number of anilines is 6. The molecule has 0 unspecified atom stereocenters. The van der Waals surface area contributed by atoms with Crippen LogP contribution in [0.5, 0.6) is 11.5 Å². The van der Waals surface area contributed by atoms with Crippen LogP contribution in [0.15, 0.2) is 259 Å². The van der Waals surface area contributed by atoms with Crippen molar-refractivity contribution >= 4 is 88.4 Å². The van der Waals surface area contributed by atoms with E-state index in [4.69, 9.17) is 9.15 Å². The SMILES string of the molecule is c1ccc(-c2ccccc2N(c2ccccc2)c2cc3c4cccc5c4c(cc3c3ccccc23)-c2ccc(-c3ccc(N(c4ccccc4)c4cccc6c4oc4ccccc46)cc3)cc2O5)cc1. The molecule has 1 aliphatic heterocycles. The van der Waals surface area contributed by atoms with Crippen molar-refractivity contribution in [2.45, 2.75) is 0 Å². The van der Waals surface area contributed by atoms with Crippen LogP contribution in [0.4, 0.5) is 34.1 Å². The van der Waals surface area contributed by atoms with Crippen LogP contribution < -0.4 is 14.5 Å². The highest BCUT2D eigenvalue weighted by molar-refractivity contribution is 6.26. The number of benzene rings is 12. The molecule has 1 aliphatic rings. The summed E-state index contributed by atoms with van der Waals surface area (Å²) in [6.45, 7) is 0. The lowest BCUT2D eigenvalue weighted by Crippen LogP contribution is -2.12. The number of para-hydroxylation sites is 5. The van der Waals surface area contributed by atoms with Crippen molar-refractivity contribution in [2.24, 2.45) is 0 Å². The van der Waals surface area contributed by atoms with Gasteiger partial charge in [0.1, 0.15) is 17.1 Å². The van der Waals surface area contributed by atoms with Crippen LogP contribution in [0.25, 0.3) is 87.6 Å². The molecule has 0 fully saturated rings. The first-order valence-corrected chi connectivity index (χ1v) is 23.8. The first-order chi connectivity index (χ1) is 34.7. The van der Waals surface area contributed by atoms with Crippen LogP contribution in [0, 0.1) is 0 Å². The maximum Gasteiger partial charge on any atom is 0.159 e. The van der Waals surface area contributed by atoms with Gasteiger partial charge < -0.3 is 19.0 Å². The van der Waals surface area contributed by atoms with Crippen molar-refractivity contribution in [2.75, 3.05) is 9.80 Å². The summed E-state index contributed by atoms with van der Waals surface area (Å²) in [5, 5.41) is 9.25. The summed E-state index contributed by atoms with van der Waals surface area (Å²) < 4.78 is 13.5. The first-order valence-electron chi connectivity index (χ1n) is 23.8. The van der Waals surface area contributed by atoms with E-state index in [1.807, 2.05) is 12.1 Å². The highest BCUT2D eigenvalue weighted by atomic mass is 16.5. The van der Waals surface area contributed by atoms with E-state index in [0.717, 1.165) is 95.0 Å². The molecule has 14 rings (SSSR count). The summed E-state index contributed by atoms with van der Waals surface area (Å²) in [6, 6.07) is 90.9. The smallest absolute Gasteiger partial charge is 0.159 e. The van der Waals surface area contributed by atoms with Gasteiger partial charge in [-0.2, -0.15) is 0 Å². The van der Waals surface area contributed by atoms with Crippen molar-refractivity contribution < 1.29 is 9.15 Å². The van der Waals surface area contributed by atoms with Gasteiger partial charge in [0.15, 0.2) is 5.58 Å². The molecule has 13 aromatic rings. The average Bonchev–Trinajstić information content (AvgIpc) is 3.82. The van der Waals surface area contributed by atoms with E-state index >= 15 is 0 Å². The third kappa shape index (κ3) is 6.38. The molecule has 0 amide bonds. The zero-order chi connectivity index (χ0) is 46.1. The van der Waals surface area contributed by atoms with Crippen LogP contribution in [0.2, 0.25) is 0 Å². The number of ether oxygens (including phenoxy) is 1. The predicted molar refractivity (Wildman–Crippen MR) is 292 cm³/mol. The van der Waals surface area contributed by atoms with Gasteiger partial charge in [-0.05, 0) is 129 Å². The van der Waals surface area contributed by atoms with Crippen LogP contribution >= 0.6 is 0 Å². The molecule has 0 saturated heterocycles. The number of fused-ring (bicyclic) bond motifs is 9. The number of rotatable bonds is 8. The van der Waals surface area contributed by atoms with Gasteiger partial charge >= 0.3 is 0 Å². The molecule has 1 aromatic heterocycles. The summed E-state index contributed by atoms with van der Waals surface area (Å²) in [4.78, 5) is 4.71. The van der Waals surface area contributed by atoms with Crippen molar-refractivity contribution in [1.82, 2.24) is 0 Å². The van der Waals surface area contributed by atoms with Gasteiger partial charge in [0.2, 0.25) is 0 Å². The van der Waals surface area contributed by atoms with Crippen LogP contribution in [0.1, 0.15) is 0 Å². The molecular weight excluding hydrogens is 853 g/mol. The second-order valence-corrected chi connectivity index (χ2v) is 18.0. The minimum Gasteiger partial charge on any atom is -0.456 e. The minimum absolute atomic E-state index is 0.845. The molecule has 0 spiro atoms. The minimum atomic E-state index is 0.845.